The van der Waals surface area contributed by atoms with Crippen LogP contribution in [0.2, 0.25) is 0 Å². The summed E-state index contributed by atoms with van der Waals surface area (Å²) in [5.41, 5.74) is 5.14. The molecule has 0 aliphatic carbocycles. The lowest BCUT2D eigenvalue weighted by atomic mass is 10.1. The van der Waals surface area contributed by atoms with Crippen molar-refractivity contribution in [1.29, 1.82) is 0 Å². The van der Waals surface area contributed by atoms with Gasteiger partial charge in [-0.05, 0) is 18.6 Å². The molecule has 1 aromatic heterocycles. The Balaban J connectivity index is 3.09. The van der Waals surface area contributed by atoms with Crippen LogP contribution in [0.4, 0.5) is 13.2 Å². The molecular weight excluding hydrogens is 209 g/mol. The van der Waals surface area contributed by atoms with E-state index < -0.39 is 17.9 Å². The molecular formula is C9H11F3N2O. The van der Waals surface area contributed by atoms with Crippen molar-refractivity contribution < 1.29 is 18.3 Å². The van der Waals surface area contributed by atoms with Crippen LogP contribution in [0.25, 0.3) is 0 Å². The van der Waals surface area contributed by atoms with Gasteiger partial charge in [0.15, 0.2) is 0 Å². The number of nitrogens with zero attached hydrogens (tertiary/aromatic N) is 1. The minimum absolute atomic E-state index is 0.186. The average Bonchev–Trinajstić information content (AvgIpc) is 2.15. The summed E-state index contributed by atoms with van der Waals surface area (Å²) in [6, 6.07) is 1.41. The van der Waals surface area contributed by atoms with Crippen LogP contribution in [-0.4, -0.2) is 16.7 Å². The van der Waals surface area contributed by atoms with E-state index in [9.17, 15) is 13.2 Å². The molecule has 84 valence electrons. The van der Waals surface area contributed by atoms with E-state index in [1.165, 1.54) is 13.0 Å². The second-order valence-electron chi connectivity index (χ2n) is 3.16. The van der Waals surface area contributed by atoms with Crippen LogP contribution in [0.3, 0.4) is 0 Å². The molecule has 0 radical (unpaired) electrons. The number of aliphatic hydroxyl groups is 1. The van der Waals surface area contributed by atoms with Crippen molar-refractivity contribution in [3.63, 3.8) is 0 Å². The SMILES string of the molecule is Cc1nc(C(F)(F)F)ccc1[C@@H](N)CO. The van der Waals surface area contributed by atoms with E-state index in [2.05, 4.69) is 4.98 Å². The minimum Gasteiger partial charge on any atom is -0.394 e. The maximum absolute atomic E-state index is 12.2. The van der Waals surface area contributed by atoms with Gasteiger partial charge in [-0.3, -0.25) is 0 Å². The molecule has 1 heterocycles. The fourth-order valence-electron chi connectivity index (χ4n) is 1.22. The minimum atomic E-state index is -4.45. The predicted octanol–water partition coefficient (Wildman–Crippen LogP) is 1.40. The van der Waals surface area contributed by atoms with E-state index in [0.29, 0.717) is 5.56 Å². The van der Waals surface area contributed by atoms with Gasteiger partial charge in [0.1, 0.15) is 5.69 Å². The highest BCUT2D eigenvalue weighted by atomic mass is 19.4. The lowest BCUT2D eigenvalue weighted by Gasteiger charge is -2.13. The zero-order chi connectivity index (χ0) is 11.6. The number of aryl methyl sites for hydroxylation is 1. The van der Waals surface area contributed by atoms with Crippen molar-refractivity contribution in [2.24, 2.45) is 5.73 Å². The highest BCUT2D eigenvalue weighted by Crippen LogP contribution is 2.28. The van der Waals surface area contributed by atoms with Gasteiger partial charge in [-0.1, -0.05) is 6.07 Å². The highest BCUT2D eigenvalue weighted by Gasteiger charge is 2.32. The second-order valence-corrected chi connectivity index (χ2v) is 3.16. The van der Waals surface area contributed by atoms with Crippen molar-refractivity contribution in [2.45, 2.75) is 19.1 Å². The molecule has 0 unspecified atom stereocenters. The number of aromatic nitrogens is 1. The molecule has 0 aromatic carbocycles. The van der Waals surface area contributed by atoms with Crippen molar-refractivity contribution in [1.82, 2.24) is 4.98 Å². The van der Waals surface area contributed by atoms with Crippen LogP contribution in [-0.2, 0) is 6.18 Å². The summed E-state index contributed by atoms with van der Waals surface area (Å²) >= 11 is 0. The number of rotatable bonds is 2. The number of nitrogens with two attached hydrogens (primary N) is 1. The first kappa shape index (κ1) is 11.9. The third kappa shape index (κ3) is 2.66. The number of hydrogen-bond donors (Lipinski definition) is 2. The Kier molecular flexibility index (Phi) is 3.31. The molecule has 0 saturated carbocycles. The average molecular weight is 220 g/mol. The van der Waals surface area contributed by atoms with Crippen molar-refractivity contribution in [3.8, 4) is 0 Å². The Morgan fingerprint density at radius 1 is 1.47 bits per heavy atom. The topological polar surface area (TPSA) is 59.1 Å². The van der Waals surface area contributed by atoms with Gasteiger partial charge >= 0.3 is 6.18 Å². The molecule has 0 aliphatic heterocycles. The summed E-state index contributed by atoms with van der Waals surface area (Å²) < 4.78 is 36.7. The van der Waals surface area contributed by atoms with E-state index >= 15 is 0 Å². The van der Waals surface area contributed by atoms with Crippen molar-refractivity contribution >= 4 is 0 Å². The zero-order valence-electron chi connectivity index (χ0n) is 8.04. The predicted molar refractivity (Wildman–Crippen MR) is 48.0 cm³/mol. The van der Waals surface area contributed by atoms with Gasteiger partial charge < -0.3 is 10.8 Å². The Hall–Kier alpha value is -1.14. The quantitative estimate of drug-likeness (QED) is 0.792. The Bertz CT molecular complexity index is 352. The van der Waals surface area contributed by atoms with E-state index in [1.54, 1.807) is 0 Å². The van der Waals surface area contributed by atoms with Crippen molar-refractivity contribution in [2.75, 3.05) is 6.61 Å². The number of hydrogen-bond acceptors (Lipinski definition) is 3. The molecule has 3 N–H and O–H groups in total. The first-order chi connectivity index (χ1) is 6.86. The maximum Gasteiger partial charge on any atom is 0.433 e. The summed E-state index contributed by atoms with van der Waals surface area (Å²) in [4.78, 5) is 3.40. The molecule has 6 heteroatoms. The van der Waals surface area contributed by atoms with Crippen LogP contribution in [0.15, 0.2) is 12.1 Å². The highest BCUT2D eigenvalue weighted by molar-refractivity contribution is 5.26. The van der Waals surface area contributed by atoms with E-state index in [0.717, 1.165) is 6.07 Å². The summed E-state index contributed by atoms with van der Waals surface area (Å²) in [6.07, 6.45) is -4.45. The van der Waals surface area contributed by atoms with Crippen LogP contribution in [0.5, 0.6) is 0 Å². The normalized spacial score (nSPS) is 14.0. The van der Waals surface area contributed by atoms with Gasteiger partial charge in [0.2, 0.25) is 0 Å². The number of aliphatic hydroxyl groups excluding tert-OH is 1. The van der Waals surface area contributed by atoms with E-state index in [4.69, 9.17) is 10.8 Å². The number of halogens is 3. The lowest BCUT2D eigenvalue weighted by molar-refractivity contribution is -0.141. The van der Waals surface area contributed by atoms with Gasteiger partial charge in [0.25, 0.3) is 0 Å². The molecule has 1 atom stereocenters. The Morgan fingerprint density at radius 3 is 2.47 bits per heavy atom. The number of pyridine rings is 1. The molecule has 0 aliphatic rings. The number of alkyl halides is 3. The fourth-order valence-corrected chi connectivity index (χ4v) is 1.22. The zero-order valence-corrected chi connectivity index (χ0v) is 8.04. The molecule has 0 fully saturated rings. The molecule has 0 bridgehead atoms. The van der Waals surface area contributed by atoms with Crippen LogP contribution in [0, 0.1) is 6.92 Å². The third-order valence-electron chi connectivity index (χ3n) is 2.01. The smallest absolute Gasteiger partial charge is 0.394 e. The lowest BCUT2D eigenvalue weighted by Crippen LogP contribution is -2.18. The van der Waals surface area contributed by atoms with Gasteiger partial charge in [0.05, 0.1) is 12.6 Å². The summed E-state index contributed by atoms with van der Waals surface area (Å²) in [5, 5.41) is 8.77. The monoisotopic (exact) mass is 220 g/mol. The summed E-state index contributed by atoms with van der Waals surface area (Å²) in [5.74, 6) is 0. The van der Waals surface area contributed by atoms with Gasteiger partial charge in [-0.15, -0.1) is 0 Å². The molecule has 0 saturated heterocycles. The van der Waals surface area contributed by atoms with Crippen LogP contribution < -0.4 is 5.73 Å². The third-order valence-corrected chi connectivity index (χ3v) is 2.01. The molecule has 15 heavy (non-hydrogen) atoms. The van der Waals surface area contributed by atoms with Crippen LogP contribution in [0.1, 0.15) is 23.0 Å². The van der Waals surface area contributed by atoms with Crippen LogP contribution >= 0.6 is 0 Å². The second kappa shape index (κ2) is 4.16. The first-order valence-electron chi connectivity index (χ1n) is 4.27. The fraction of sp³-hybridized carbons (Fsp3) is 0.444. The molecule has 3 nitrogen and oxygen atoms in total. The summed E-state index contributed by atoms with van der Waals surface area (Å²) in [6.45, 7) is 1.11. The molecule has 1 aromatic rings. The van der Waals surface area contributed by atoms with Gasteiger partial charge in [-0.2, -0.15) is 13.2 Å². The Labute approximate surface area is 84.7 Å². The Morgan fingerprint density at radius 2 is 2.07 bits per heavy atom. The molecule has 0 spiro atoms. The van der Waals surface area contributed by atoms with E-state index in [1.807, 2.05) is 0 Å². The maximum atomic E-state index is 12.2. The molecule has 0 amide bonds. The van der Waals surface area contributed by atoms with Crippen molar-refractivity contribution in [3.05, 3.63) is 29.1 Å². The van der Waals surface area contributed by atoms with E-state index in [-0.39, 0.29) is 12.3 Å². The standard InChI is InChI=1S/C9H11F3N2O/c1-5-6(7(13)4-15)2-3-8(14-5)9(10,11)12/h2-3,7,15H,4,13H2,1H3/t7-/m0/s1. The van der Waals surface area contributed by atoms with Gasteiger partial charge in [-0.25, -0.2) is 4.98 Å². The molecule has 1 rings (SSSR count). The first-order valence-corrected chi connectivity index (χ1v) is 4.27. The van der Waals surface area contributed by atoms with Gasteiger partial charge in [0, 0.05) is 5.69 Å². The summed E-state index contributed by atoms with van der Waals surface area (Å²) in [7, 11) is 0. The largest absolute Gasteiger partial charge is 0.433 e.